The maximum absolute atomic E-state index is 14.2. The minimum absolute atomic E-state index is 0.0491. The Morgan fingerprint density at radius 2 is 1.14 bits per heavy atom. The van der Waals surface area contributed by atoms with E-state index in [0.717, 1.165) is 102 Å². The number of carbonyl (C=O) groups is 3. The van der Waals surface area contributed by atoms with Gasteiger partial charge in [-0.1, -0.05) is 78.9 Å². The Labute approximate surface area is 326 Å². The number of nitrogens with zero attached hydrogens (tertiary/aromatic N) is 4. The first kappa shape index (κ1) is 36.1. The lowest BCUT2D eigenvalue weighted by Gasteiger charge is -2.29. The summed E-state index contributed by atoms with van der Waals surface area (Å²) in [5.74, 6) is 1.26. The van der Waals surface area contributed by atoms with Gasteiger partial charge in [-0.25, -0.2) is 9.97 Å². The number of H-pyrrole nitrogens is 2. The third kappa shape index (κ3) is 7.26. The Bertz CT molecular complexity index is 2150. The summed E-state index contributed by atoms with van der Waals surface area (Å²) in [5.41, 5.74) is 6.75. The van der Waals surface area contributed by atoms with Crippen LogP contribution in [0.5, 0.6) is 0 Å². The molecule has 288 valence electrons. The molecule has 5 atom stereocenters. The van der Waals surface area contributed by atoms with Crippen molar-refractivity contribution in [2.24, 2.45) is 0 Å². The summed E-state index contributed by atoms with van der Waals surface area (Å²) in [4.78, 5) is 60.6. The van der Waals surface area contributed by atoms with Crippen LogP contribution in [0, 0.1) is 0 Å². The Morgan fingerprint density at radius 3 is 1.70 bits per heavy atom. The monoisotopic (exact) mass is 753 g/mol. The van der Waals surface area contributed by atoms with Crippen LogP contribution in [0.3, 0.4) is 0 Å². The van der Waals surface area contributed by atoms with Gasteiger partial charge in [0.05, 0.1) is 35.9 Å². The lowest BCUT2D eigenvalue weighted by molar-refractivity contribution is -0.142. The molecule has 0 radical (unpaired) electrons. The molecule has 1 unspecified atom stereocenters. The molecule has 6 heterocycles. The van der Waals surface area contributed by atoms with Gasteiger partial charge in [-0.15, -0.1) is 0 Å². The number of aromatic amines is 2. The molecule has 2 aromatic heterocycles. The molecular weight excluding hydrogens is 707 g/mol. The zero-order chi connectivity index (χ0) is 38.0. The number of amides is 3. The molecule has 0 spiro atoms. The molecule has 12 heteroatoms. The van der Waals surface area contributed by atoms with Gasteiger partial charge in [-0.05, 0) is 79.2 Å². The zero-order valence-corrected chi connectivity index (χ0v) is 31.4. The SMILES string of the molecule is O=C(N[C@@H](C(=O)N1CCC[C@H]1c1ncc(-c2ccc(-c3ccc(-c4cnc([C@@H]5CCCN5C(=O)[C@@H]5CCCO5)[nH]4)cc3)cc2)[nH]1)c1ccccc1)C1CCCO1. The Kier molecular flexibility index (Phi) is 10.2. The molecular formula is C44H47N7O5. The molecule has 3 amide bonds. The van der Waals surface area contributed by atoms with E-state index in [1.54, 1.807) is 0 Å². The van der Waals surface area contributed by atoms with Crippen LogP contribution in [-0.2, 0) is 23.9 Å². The van der Waals surface area contributed by atoms with Crippen molar-refractivity contribution >= 4 is 17.7 Å². The van der Waals surface area contributed by atoms with Crippen LogP contribution >= 0.6 is 0 Å². The van der Waals surface area contributed by atoms with Crippen LogP contribution in [0.15, 0.2) is 91.3 Å². The molecule has 4 fully saturated rings. The molecule has 4 aliphatic heterocycles. The van der Waals surface area contributed by atoms with Crippen LogP contribution in [0.25, 0.3) is 33.6 Å². The second-order valence-electron chi connectivity index (χ2n) is 15.3. The van der Waals surface area contributed by atoms with E-state index in [4.69, 9.17) is 19.4 Å². The van der Waals surface area contributed by atoms with E-state index < -0.39 is 12.1 Å². The molecule has 3 N–H and O–H groups in total. The van der Waals surface area contributed by atoms with E-state index in [0.29, 0.717) is 26.2 Å². The predicted molar refractivity (Wildman–Crippen MR) is 210 cm³/mol. The van der Waals surface area contributed by atoms with Gasteiger partial charge in [0.1, 0.15) is 29.9 Å². The van der Waals surface area contributed by atoms with Crippen molar-refractivity contribution in [2.75, 3.05) is 26.3 Å². The summed E-state index contributed by atoms with van der Waals surface area (Å²) < 4.78 is 11.3. The van der Waals surface area contributed by atoms with Crippen molar-refractivity contribution in [1.29, 1.82) is 0 Å². The summed E-state index contributed by atoms with van der Waals surface area (Å²) >= 11 is 0. The normalized spacial score (nSPS) is 22.8. The number of imidazole rings is 2. The van der Waals surface area contributed by atoms with Crippen LogP contribution in [0.1, 0.15) is 86.7 Å². The number of aromatic nitrogens is 4. The fourth-order valence-electron chi connectivity index (χ4n) is 8.70. The highest BCUT2D eigenvalue weighted by atomic mass is 16.5. The Balaban J connectivity index is 0.859. The van der Waals surface area contributed by atoms with Gasteiger partial charge >= 0.3 is 0 Å². The molecule has 56 heavy (non-hydrogen) atoms. The molecule has 5 aromatic rings. The Hall–Kier alpha value is -5.59. The zero-order valence-electron chi connectivity index (χ0n) is 31.4. The molecule has 9 rings (SSSR count). The summed E-state index contributed by atoms with van der Waals surface area (Å²) in [6.45, 7) is 2.55. The first-order valence-corrected chi connectivity index (χ1v) is 20.0. The van der Waals surface area contributed by atoms with E-state index >= 15 is 0 Å². The van der Waals surface area contributed by atoms with Gasteiger partial charge < -0.3 is 34.6 Å². The van der Waals surface area contributed by atoms with Crippen molar-refractivity contribution in [3.05, 3.63) is 108 Å². The maximum atomic E-state index is 14.2. The second kappa shape index (κ2) is 15.9. The molecule has 4 saturated heterocycles. The van der Waals surface area contributed by atoms with Crippen molar-refractivity contribution < 1.29 is 23.9 Å². The first-order chi connectivity index (χ1) is 27.5. The van der Waals surface area contributed by atoms with Crippen molar-refractivity contribution in [3.8, 4) is 33.6 Å². The second-order valence-corrected chi connectivity index (χ2v) is 15.3. The predicted octanol–water partition coefficient (Wildman–Crippen LogP) is 6.68. The highest BCUT2D eigenvalue weighted by Gasteiger charge is 2.39. The van der Waals surface area contributed by atoms with Gasteiger partial charge in [0.25, 0.3) is 5.91 Å². The van der Waals surface area contributed by atoms with Gasteiger partial charge in [0.15, 0.2) is 0 Å². The van der Waals surface area contributed by atoms with Gasteiger partial charge in [-0.2, -0.15) is 0 Å². The van der Waals surface area contributed by atoms with Crippen LogP contribution in [-0.4, -0.2) is 86.0 Å². The molecule has 0 saturated carbocycles. The quantitative estimate of drug-likeness (QED) is 0.144. The molecule has 0 bridgehead atoms. The number of ether oxygens (including phenoxy) is 2. The average Bonchev–Trinajstić information content (AvgIpc) is 4.10. The lowest BCUT2D eigenvalue weighted by atomic mass is 10.0. The number of rotatable bonds is 10. The number of likely N-dealkylation sites (tertiary alicyclic amines) is 2. The van der Waals surface area contributed by atoms with Gasteiger partial charge in [0, 0.05) is 26.3 Å². The molecule has 0 aliphatic carbocycles. The van der Waals surface area contributed by atoms with Crippen LogP contribution in [0.2, 0.25) is 0 Å². The number of hydrogen-bond acceptors (Lipinski definition) is 7. The number of carbonyl (C=O) groups excluding carboxylic acids is 3. The summed E-state index contributed by atoms with van der Waals surface area (Å²) in [7, 11) is 0. The van der Waals surface area contributed by atoms with Crippen LogP contribution < -0.4 is 5.32 Å². The van der Waals surface area contributed by atoms with E-state index in [1.807, 2.05) is 52.5 Å². The van der Waals surface area contributed by atoms with E-state index in [9.17, 15) is 14.4 Å². The van der Waals surface area contributed by atoms with E-state index in [1.165, 1.54) is 0 Å². The van der Waals surface area contributed by atoms with Crippen molar-refractivity contribution in [1.82, 2.24) is 35.1 Å². The molecule has 12 nitrogen and oxygen atoms in total. The summed E-state index contributed by atoms with van der Waals surface area (Å²) in [5, 5.41) is 3.00. The fourth-order valence-corrected chi connectivity index (χ4v) is 8.70. The minimum atomic E-state index is -0.807. The largest absolute Gasteiger partial charge is 0.368 e. The number of hydrogen-bond donors (Lipinski definition) is 3. The van der Waals surface area contributed by atoms with Crippen molar-refractivity contribution in [3.63, 3.8) is 0 Å². The van der Waals surface area contributed by atoms with Crippen molar-refractivity contribution in [2.45, 2.75) is 81.7 Å². The number of benzene rings is 3. The van der Waals surface area contributed by atoms with E-state index in [-0.39, 0.29) is 35.9 Å². The van der Waals surface area contributed by atoms with Crippen LogP contribution in [0.4, 0.5) is 0 Å². The lowest BCUT2D eigenvalue weighted by Crippen LogP contribution is -2.45. The first-order valence-electron chi connectivity index (χ1n) is 20.0. The standard InChI is InChI=1S/C44H47N7O5/c52-42(37-12-6-24-55-37)49-39(32-8-2-1-3-9-32)44(54)51-23-5-11-36(51)41-46-27-34(48-41)31-20-16-29(17-21-31)28-14-18-30(19-15-28)33-26-45-40(47-33)35-10-4-22-50(35)43(53)38-13-7-25-56-38/h1-3,8-9,14-21,26-27,35-39H,4-7,10-13,22-25H2,(H,45,47)(H,46,48)(H,49,52)/t35-,36-,37?,38-,39+/m0/s1. The van der Waals surface area contributed by atoms with Gasteiger partial charge in [-0.3, -0.25) is 14.4 Å². The van der Waals surface area contributed by atoms with E-state index in [2.05, 4.69) is 63.8 Å². The molecule has 4 aliphatic rings. The average molecular weight is 754 g/mol. The fraction of sp³-hybridized carbons (Fsp3) is 0.386. The summed E-state index contributed by atoms with van der Waals surface area (Å²) in [6.07, 6.45) is 9.56. The minimum Gasteiger partial charge on any atom is -0.368 e. The van der Waals surface area contributed by atoms with Gasteiger partial charge in [0.2, 0.25) is 11.8 Å². The smallest absolute Gasteiger partial charge is 0.252 e. The summed E-state index contributed by atoms with van der Waals surface area (Å²) in [6, 6.07) is 25.1. The number of nitrogens with one attached hydrogen (secondary N) is 3. The molecule has 3 aromatic carbocycles. The highest BCUT2D eigenvalue weighted by molar-refractivity contribution is 5.90. The topological polar surface area (TPSA) is 146 Å². The third-order valence-electron chi connectivity index (χ3n) is 11.7. The maximum Gasteiger partial charge on any atom is 0.252 e. The Morgan fingerprint density at radius 1 is 0.625 bits per heavy atom. The highest BCUT2D eigenvalue weighted by Crippen LogP contribution is 2.36. The third-order valence-corrected chi connectivity index (χ3v) is 11.7.